The van der Waals surface area contributed by atoms with Crippen molar-refractivity contribution >= 4 is 17.2 Å². The highest BCUT2D eigenvalue weighted by molar-refractivity contribution is 7.10. The van der Waals surface area contributed by atoms with Gasteiger partial charge in [-0.15, -0.1) is 16.4 Å². The third-order valence-corrected chi connectivity index (χ3v) is 3.98. The molecule has 0 radical (unpaired) electrons. The van der Waals surface area contributed by atoms with Gasteiger partial charge in [0.2, 0.25) is 5.82 Å². The third kappa shape index (κ3) is 3.66. The van der Waals surface area contributed by atoms with E-state index >= 15 is 0 Å². The summed E-state index contributed by atoms with van der Waals surface area (Å²) in [4.78, 5) is 17.6. The van der Waals surface area contributed by atoms with Crippen molar-refractivity contribution in [1.29, 1.82) is 0 Å². The quantitative estimate of drug-likeness (QED) is 0.823. The molecule has 0 fully saturated rings. The van der Waals surface area contributed by atoms with Crippen molar-refractivity contribution in [1.82, 2.24) is 20.5 Å². The fourth-order valence-electron chi connectivity index (χ4n) is 2.03. The zero-order chi connectivity index (χ0) is 14.4. The van der Waals surface area contributed by atoms with E-state index in [1.54, 1.807) is 11.3 Å². The van der Waals surface area contributed by atoms with E-state index in [1.165, 1.54) is 4.88 Å². The number of nitrogens with one attached hydrogen (secondary N) is 2. The first-order valence-corrected chi connectivity index (χ1v) is 7.88. The monoisotopic (exact) mass is 292 g/mol. The topological polar surface area (TPSA) is 70.7 Å². The van der Waals surface area contributed by atoms with Crippen LogP contribution in [0.5, 0.6) is 0 Å². The number of aromatic amines is 1. The van der Waals surface area contributed by atoms with Crippen LogP contribution in [-0.2, 0) is 6.42 Å². The van der Waals surface area contributed by atoms with E-state index in [0.717, 1.165) is 31.5 Å². The fourth-order valence-corrected chi connectivity index (χ4v) is 2.84. The first kappa shape index (κ1) is 14.7. The van der Waals surface area contributed by atoms with Crippen LogP contribution in [0.1, 0.15) is 60.5 Å². The van der Waals surface area contributed by atoms with Gasteiger partial charge in [-0.05, 0) is 24.3 Å². The van der Waals surface area contributed by atoms with Crippen LogP contribution in [0.3, 0.4) is 0 Å². The molecule has 0 aliphatic heterocycles. The molecule has 5 nitrogen and oxygen atoms in total. The lowest BCUT2D eigenvalue weighted by atomic mass is 10.1. The van der Waals surface area contributed by atoms with Crippen LogP contribution < -0.4 is 5.32 Å². The summed E-state index contributed by atoms with van der Waals surface area (Å²) < 4.78 is 0. The first-order valence-electron chi connectivity index (χ1n) is 7.00. The number of hydrogen-bond acceptors (Lipinski definition) is 4. The summed E-state index contributed by atoms with van der Waals surface area (Å²) in [5, 5.41) is 11.8. The summed E-state index contributed by atoms with van der Waals surface area (Å²) in [6, 6.07) is 4.09. The number of H-pyrrole nitrogens is 1. The Balaban J connectivity index is 2.03. The van der Waals surface area contributed by atoms with E-state index in [9.17, 15) is 4.79 Å². The molecule has 1 amide bonds. The Kier molecular flexibility index (Phi) is 5.29. The molecule has 0 bridgehead atoms. The van der Waals surface area contributed by atoms with Crippen LogP contribution in [0.15, 0.2) is 17.5 Å². The summed E-state index contributed by atoms with van der Waals surface area (Å²) >= 11 is 1.66. The van der Waals surface area contributed by atoms with Gasteiger partial charge >= 0.3 is 0 Å². The number of amides is 1. The van der Waals surface area contributed by atoms with Gasteiger partial charge < -0.3 is 5.32 Å². The second-order valence-electron chi connectivity index (χ2n) is 4.69. The Labute approximate surface area is 122 Å². The Bertz CT molecular complexity index is 535. The van der Waals surface area contributed by atoms with Crippen molar-refractivity contribution in [2.45, 2.75) is 45.6 Å². The molecule has 0 aliphatic rings. The third-order valence-electron chi connectivity index (χ3n) is 2.99. The van der Waals surface area contributed by atoms with Crippen molar-refractivity contribution in [3.8, 4) is 0 Å². The van der Waals surface area contributed by atoms with Crippen LogP contribution in [0, 0.1) is 0 Å². The van der Waals surface area contributed by atoms with E-state index in [4.69, 9.17) is 0 Å². The summed E-state index contributed by atoms with van der Waals surface area (Å²) in [6.07, 6.45) is 3.71. The minimum Gasteiger partial charge on any atom is -0.342 e. The maximum Gasteiger partial charge on any atom is 0.291 e. The second kappa shape index (κ2) is 7.19. The van der Waals surface area contributed by atoms with Gasteiger partial charge in [0.05, 0.1) is 6.04 Å². The SMILES string of the molecule is CCCc1nc(C(=O)NC(CCC)c2cccs2)n[nH]1. The second-order valence-corrected chi connectivity index (χ2v) is 5.67. The summed E-state index contributed by atoms with van der Waals surface area (Å²) in [5.74, 6) is 0.780. The molecular formula is C14H20N4OS. The van der Waals surface area contributed by atoms with Gasteiger partial charge in [0, 0.05) is 11.3 Å². The van der Waals surface area contributed by atoms with E-state index in [2.05, 4.69) is 34.3 Å². The highest BCUT2D eigenvalue weighted by Gasteiger charge is 2.18. The predicted octanol–water partition coefficient (Wildman–Crippen LogP) is 3.09. The van der Waals surface area contributed by atoms with Gasteiger partial charge in [-0.3, -0.25) is 9.89 Å². The molecule has 0 aliphatic carbocycles. The molecule has 108 valence electrons. The van der Waals surface area contributed by atoms with Gasteiger partial charge in [-0.2, -0.15) is 0 Å². The largest absolute Gasteiger partial charge is 0.342 e. The Hall–Kier alpha value is -1.69. The van der Waals surface area contributed by atoms with Crippen LogP contribution in [0.25, 0.3) is 0 Å². The highest BCUT2D eigenvalue weighted by atomic mass is 32.1. The molecule has 0 aromatic carbocycles. The molecule has 2 N–H and O–H groups in total. The van der Waals surface area contributed by atoms with Gasteiger partial charge in [-0.1, -0.05) is 26.3 Å². The predicted molar refractivity (Wildman–Crippen MR) is 79.8 cm³/mol. The average molecular weight is 292 g/mol. The van der Waals surface area contributed by atoms with Crippen LogP contribution in [0.4, 0.5) is 0 Å². The molecule has 2 aromatic heterocycles. The Morgan fingerprint density at radius 2 is 2.30 bits per heavy atom. The van der Waals surface area contributed by atoms with Crippen LogP contribution in [0.2, 0.25) is 0 Å². The van der Waals surface area contributed by atoms with Gasteiger partial charge in [0.25, 0.3) is 5.91 Å². The average Bonchev–Trinajstić information content (AvgIpc) is 3.09. The van der Waals surface area contributed by atoms with Gasteiger partial charge in [0.1, 0.15) is 5.82 Å². The van der Waals surface area contributed by atoms with E-state index < -0.39 is 0 Å². The van der Waals surface area contributed by atoms with E-state index in [1.807, 2.05) is 17.5 Å². The smallest absolute Gasteiger partial charge is 0.291 e. The van der Waals surface area contributed by atoms with Crippen LogP contribution >= 0.6 is 11.3 Å². The van der Waals surface area contributed by atoms with Crippen molar-refractivity contribution in [3.63, 3.8) is 0 Å². The van der Waals surface area contributed by atoms with Gasteiger partial charge in [-0.25, -0.2) is 4.98 Å². The summed E-state index contributed by atoms with van der Waals surface area (Å²) in [5.41, 5.74) is 0. The lowest BCUT2D eigenvalue weighted by Gasteiger charge is -2.15. The molecule has 0 saturated carbocycles. The molecule has 0 saturated heterocycles. The maximum absolute atomic E-state index is 12.2. The normalized spacial score (nSPS) is 12.3. The summed E-state index contributed by atoms with van der Waals surface area (Å²) in [6.45, 7) is 4.18. The number of rotatable bonds is 7. The lowest BCUT2D eigenvalue weighted by Crippen LogP contribution is -2.29. The van der Waals surface area contributed by atoms with Crippen molar-refractivity contribution < 1.29 is 4.79 Å². The molecule has 20 heavy (non-hydrogen) atoms. The number of aryl methyl sites for hydroxylation is 1. The Morgan fingerprint density at radius 3 is 2.95 bits per heavy atom. The summed E-state index contributed by atoms with van der Waals surface area (Å²) in [7, 11) is 0. The number of carbonyl (C=O) groups is 1. The van der Waals surface area contributed by atoms with Crippen LogP contribution in [-0.4, -0.2) is 21.1 Å². The zero-order valence-corrected chi connectivity index (χ0v) is 12.7. The van der Waals surface area contributed by atoms with Crippen molar-refractivity contribution in [2.24, 2.45) is 0 Å². The number of hydrogen-bond donors (Lipinski definition) is 2. The highest BCUT2D eigenvalue weighted by Crippen LogP contribution is 2.23. The Morgan fingerprint density at radius 1 is 1.45 bits per heavy atom. The first-order chi connectivity index (χ1) is 9.74. The molecule has 6 heteroatoms. The number of thiophene rings is 1. The minimum absolute atomic E-state index is 0.0422. The fraction of sp³-hybridized carbons (Fsp3) is 0.500. The number of carbonyl (C=O) groups excluding carboxylic acids is 1. The van der Waals surface area contributed by atoms with E-state index in [-0.39, 0.29) is 17.8 Å². The number of aromatic nitrogens is 3. The molecule has 0 spiro atoms. The molecule has 2 heterocycles. The van der Waals surface area contributed by atoms with Crippen molar-refractivity contribution in [2.75, 3.05) is 0 Å². The number of nitrogens with zero attached hydrogens (tertiary/aromatic N) is 2. The molecule has 2 rings (SSSR count). The maximum atomic E-state index is 12.2. The lowest BCUT2D eigenvalue weighted by molar-refractivity contribution is 0.0925. The van der Waals surface area contributed by atoms with Crippen molar-refractivity contribution in [3.05, 3.63) is 34.0 Å². The van der Waals surface area contributed by atoms with E-state index in [0.29, 0.717) is 0 Å². The molecule has 2 aromatic rings. The molecule has 1 atom stereocenters. The van der Waals surface area contributed by atoms with Gasteiger partial charge in [0.15, 0.2) is 0 Å². The molecular weight excluding hydrogens is 272 g/mol. The zero-order valence-electron chi connectivity index (χ0n) is 11.8. The standard InChI is InChI=1S/C14H20N4OS/c1-3-6-10(11-8-5-9-20-11)15-14(19)13-16-12(7-4-2)17-18-13/h5,8-10H,3-4,6-7H2,1-2H3,(H,15,19)(H,16,17,18). The minimum atomic E-state index is -0.213. The molecule has 1 unspecified atom stereocenters.